The summed E-state index contributed by atoms with van der Waals surface area (Å²) in [4.78, 5) is 0.434. The second-order valence-electron chi connectivity index (χ2n) is 6.86. The molecule has 0 saturated heterocycles. The summed E-state index contributed by atoms with van der Waals surface area (Å²) in [7, 11) is -3.43. The molecule has 116 valence electrons. The molecule has 3 rings (SSSR count). The molecular formula is C16H24N2O2S. The van der Waals surface area contributed by atoms with Crippen LogP contribution in [-0.4, -0.2) is 20.0 Å². The molecule has 1 aromatic carbocycles. The molecule has 4 nitrogen and oxygen atoms in total. The van der Waals surface area contributed by atoms with Crippen molar-refractivity contribution in [1.29, 1.82) is 0 Å². The van der Waals surface area contributed by atoms with E-state index in [4.69, 9.17) is 0 Å². The van der Waals surface area contributed by atoms with E-state index in [-0.39, 0.29) is 5.54 Å². The molecule has 5 heteroatoms. The van der Waals surface area contributed by atoms with Gasteiger partial charge in [-0.05, 0) is 69.2 Å². The SMILES string of the molecule is Cc1cc(CNC2CC2)cc(S(=O)(=O)NC2(C)CC2)c1C. The van der Waals surface area contributed by atoms with Crippen LogP contribution in [0.1, 0.15) is 49.3 Å². The van der Waals surface area contributed by atoms with Gasteiger partial charge in [0.15, 0.2) is 0 Å². The second-order valence-corrected chi connectivity index (χ2v) is 8.51. The zero-order valence-electron chi connectivity index (χ0n) is 13.0. The van der Waals surface area contributed by atoms with Gasteiger partial charge in [0.05, 0.1) is 4.90 Å². The highest BCUT2D eigenvalue weighted by atomic mass is 32.2. The molecule has 0 bridgehead atoms. The van der Waals surface area contributed by atoms with Gasteiger partial charge < -0.3 is 5.32 Å². The average Bonchev–Trinajstić information content (AvgIpc) is 3.28. The van der Waals surface area contributed by atoms with E-state index in [1.807, 2.05) is 26.8 Å². The van der Waals surface area contributed by atoms with Gasteiger partial charge in [-0.15, -0.1) is 0 Å². The van der Waals surface area contributed by atoms with Crippen LogP contribution in [0.15, 0.2) is 17.0 Å². The van der Waals surface area contributed by atoms with E-state index in [1.165, 1.54) is 12.8 Å². The number of sulfonamides is 1. The third-order valence-corrected chi connectivity index (χ3v) is 6.29. The molecule has 0 aliphatic heterocycles. The first kappa shape index (κ1) is 15.0. The van der Waals surface area contributed by atoms with Crippen LogP contribution in [-0.2, 0) is 16.6 Å². The van der Waals surface area contributed by atoms with E-state index in [9.17, 15) is 8.42 Å². The van der Waals surface area contributed by atoms with E-state index < -0.39 is 10.0 Å². The van der Waals surface area contributed by atoms with Crippen molar-refractivity contribution in [2.24, 2.45) is 0 Å². The van der Waals surface area contributed by atoms with Crippen LogP contribution in [0.3, 0.4) is 0 Å². The Balaban J connectivity index is 1.88. The first-order valence-corrected chi connectivity index (χ1v) is 9.15. The van der Waals surface area contributed by atoms with E-state index >= 15 is 0 Å². The van der Waals surface area contributed by atoms with Gasteiger partial charge in [0.25, 0.3) is 0 Å². The van der Waals surface area contributed by atoms with Crippen LogP contribution < -0.4 is 10.0 Å². The number of hydrogen-bond acceptors (Lipinski definition) is 3. The standard InChI is InChI=1S/C16H24N2O2S/c1-11-8-13(10-17-14-4-5-14)9-15(12(11)2)21(19,20)18-16(3)6-7-16/h8-9,14,17-18H,4-7,10H2,1-3H3. The number of rotatable bonds is 6. The van der Waals surface area contributed by atoms with Crippen LogP contribution >= 0.6 is 0 Å². The van der Waals surface area contributed by atoms with Crippen molar-refractivity contribution in [2.45, 2.75) is 69.5 Å². The summed E-state index contributed by atoms with van der Waals surface area (Å²) >= 11 is 0. The maximum Gasteiger partial charge on any atom is 0.241 e. The molecule has 0 heterocycles. The minimum absolute atomic E-state index is 0.235. The summed E-state index contributed by atoms with van der Waals surface area (Å²) in [5.41, 5.74) is 2.70. The average molecular weight is 308 g/mol. The molecule has 1 aromatic rings. The van der Waals surface area contributed by atoms with Crippen LogP contribution in [0.5, 0.6) is 0 Å². The smallest absolute Gasteiger partial charge is 0.241 e. The van der Waals surface area contributed by atoms with Gasteiger partial charge in [0.2, 0.25) is 10.0 Å². The lowest BCUT2D eigenvalue weighted by Gasteiger charge is -2.17. The topological polar surface area (TPSA) is 58.2 Å². The van der Waals surface area contributed by atoms with Crippen LogP contribution in [0.4, 0.5) is 0 Å². The minimum Gasteiger partial charge on any atom is -0.310 e. The molecule has 2 aliphatic carbocycles. The molecule has 2 saturated carbocycles. The Hall–Kier alpha value is -0.910. The Bertz CT molecular complexity index is 659. The number of aryl methyl sites for hydroxylation is 1. The molecule has 0 spiro atoms. The Morgan fingerprint density at radius 2 is 1.90 bits per heavy atom. The van der Waals surface area contributed by atoms with Crippen molar-refractivity contribution in [3.8, 4) is 0 Å². The molecule has 0 radical (unpaired) electrons. The Morgan fingerprint density at radius 3 is 2.48 bits per heavy atom. The molecule has 0 atom stereocenters. The normalized spacial score (nSPS) is 20.5. The summed E-state index contributed by atoms with van der Waals surface area (Å²) in [6.07, 6.45) is 4.31. The lowest BCUT2D eigenvalue weighted by atomic mass is 10.1. The van der Waals surface area contributed by atoms with Crippen molar-refractivity contribution in [3.05, 3.63) is 28.8 Å². The van der Waals surface area contributed by atoms with E-state index in [1.54, 1.807) is 0 Å². The van der Waals surface area contributed by atoms with Crippen LogP contribution in [0, 0.1) is 13.8 Å². The lowest BCUT2D eigenvalue weighted by molar-refractivity contribution is 0.557. The van der Waals surface area contributed by atoms with E-state index in [2.05, 4.69) is 16.1 Å². The number of benzene rings is 1. The highest BCUT2D eigenvalue weighted by Crippen LogP contribution is 2.36. The summed E-state index contributed by atoms with van der Waals surface area (Å²) < 4.78 is 28.1. The van der Waals surface area contributed by atoms with Gasteiger partial charge in [-0.2, -0.15) is 0 Å². The van der Waals surface area contributed by atoms with Gasteiger partial charge in [-0.25, -0.2) is 13.1 Å². The fraction of sp³-hybridized carbons (Fsp3) is 0.625. The van der Waals surface area contributed by atoms with Gasteiger partial charge in [-0.3, -0.25) is 0 Å². The molecule has 0 aromatic heterocycles. The van der Waals surface area contributed by atoms with E-state index in [0.717, 1.165) is 36.1 Å². The fourth-order valence-electron chi connectivity index (χ4n) is 2.50. The quantitative estimate of drug-likeness (QED) is 0.848. The zero-order chi connectivity index (χ0) is 15.3. The van der Waals surface area contributed by atoms with E-state index in [0.29, 0.717) is 10.9 Å². The Morgan fingerprint density at radius 1 is 1.24 bits per heavy atom. The predicted molar refractivity (Wildman–Crippen MR) is 83.7 cm³/mol. The molecule has 2 fully saturated rings. The molecule has 2 aliphatic rings. The summed E-state index contributed by atoms with van der Waals surface area (Å²) in [5.74, 6) is 0. The van der Waals surface area contributed by atoms with Gasteiger partial charge >= 0.3 is 0 Å². The van der Waals surface area contributed by atoms with Gasteiger partial charge in [0.1, 0.15) is 0 Å². The highest BCUT2D eigenvalue weighted by molar-refractivity contribution is 7.89. The van der Waals surface area contributed by atoms with Crippen molar-refractivity contribution in [3.63, 3.8) is 0 Å². The highest BCUT2D eigenvalue weighted by Gasteiger charge is 2.41. The van der Waals surface area contributed by atoms with Crippen molar-refractivity contribution in [1.82, 2.24) is 10.0 Å². The summed E-state index contributed by atoms with van der Waals surface area (Å²) in [6.45, 7) is 6.57. The number of nitrogens with one attached hydrogen (secondary N) is 2. The zero-order valence-corrected chi connectivity index (χ0v) is 13.8. The van der Waals surface area contributed by atoms with Crippen molar-refractivity contribution < 1.29 is 8.42 Å². The van der Waals surface area contributed by atoms with Crippen LogP contribution in [0.2, 0.25) is 0 Å². The maximum atomic E-state index is 12.6. The van der Waals surface area contributed by atoms with Crippen molar-refractivity contribution >= 4 is 10.0 Å². The number of hydrogen-bond donors (Lipinski definition) is 2. The molecular weight excluding hydrogens is 284 g/mol. The Kier molecular flexibility index (Phi) is 3.62. The minimum atomic E-state index is -3.43. The fourth-order valence-corrected chi connectivity index (χ4v) is 4.33. The molecule has 0 amide bonds. The first-order valence-electron chi connectivity index (χ1n) is 7.67. The largest absolute Gasteiger partial charge is 0.310 e. The summed E-state index contributed by atoms with van der Waals surface area (Å²) in [6, 6.07) is 4.53. The molecule has 0 unspecified atom stereocenters. The molecule has 21 heavy (non-hydrogen) atoms. The molecule has 2 N–H and O–H groups in total. The van der Waals surface area contributed by atoms with Gasteiger partial charge in [0, 0.05) is 18.1 Å². The second kappa shape index (κ2) is 5.07. The van der Waals surface area contributed by atoms with Crippen LogP contribution in [0.25, 0.3) is 0 Å². The third kappa shape index (κ3) is 3.47. The van der Waals surface area contributed by atoms with Gasteiger partial charge in [-0.1, -0.05) is 6.07 Å². The third-order valence-electron chi connectivity index (χ3n) is 4.52. The predicted octanol–water partition coefficient (Wildman–Crippen LogP) is 2.39. The monoisotopic (exact) mass is 308 g/mol. The first-order chi connectivity index (χ1) is 9.79. The summed E-state index contributed by atoms with van der Waals surface area (Å²) in [5, 5.41) is 3.44. The maximum absolute atomic E-state index is 12.6. The Labute approximate surface area is 127 Å². The van der Waals surface area contributed by atoms with Crippen molar-refractivity contribution in [2.75, 3.05) is 0 Å². The lowest BCUT2D eigenvalue weighted by Crippen LogP contribution is -2.34.